The monoisotopic (exact) mass is 450 g/mol. The van der Waals surface area contributed by atoms with Crippen molar-refractivity contribution in [1.82, 2.24) is 19.0 Å². The first-order chi connectivity index (χ1) is 16.7. The molecule has 1 amide bonds. The first-order valence-corrected chi connectivity index (χ1v) is 11.8. The lowest BCUT2D eigenvalue weighted by molar-refractivity contribution is 0.0697. The van der Waals surface area contributed by atoms with E-state index in [2.05, 4.69) is 27.8 Å². The van der Waals surface area contributed by atoms with E-state index in [-0.39, 0.29) is 17.6 Å². The minimum absolute atomic E-state index is 0.0627. The summed E-state index contributed by atoms with van der Waals surface area (Å²) in [6, 6.07) is 26.3. The number of para-hydroxylation sites is 3. The summed E-state index contributed by atoms with van der Waals surface area (Å²) in [6.45, 7) is 1.99. The molecule has 1 saturated heterocycles. The van der Waals surface area contributed by atoms with Crippen LogP contribution in [0.25, 0.3) is 21.9 Å². The number of nitrogens with zero attached hydrogens (tertiary/aromatic N) is 3. The lowest BCUT2D eigenvalue weighted by Gasteiger charge is -2.32. The molecule has 0 atom stereocenters. The van der Waals surface area contributed by atoms with Crippen LogP contribution in [0.4, 0.5) is 0 Å². The van der Waals surface area contributed by atoms with Crippen molar-refractivity contribution in [2.75, 3.05) is 13.1 Å². The minimum atomic E-state index is -0.0741. The molecule has 0 radical (unpaired) electrons. The highest BCUT2D eigenvalue weighted by Crippen LogP contribution is 2.28. The third-order valence-corrected chi connectivity index (χ3v) is 6.96. The Hall–Kier alpha value is -4.06. The first-order valence-electron chi connectivity index (χ1n) is 11.8. The van der Waals surface area contributed by atoms with E-state index < -0.39 is 0 Å². The molecule has 6 heteroatoms. The molecule has 5 aromatic rings. The minimum Gasteiger partial charge on any atom is -0.342 e. The zero-order valence-corrected chi connectivity index (χ0v) is 18.9. The number of piperidine rings is 1. The van der Waals surface area contributed by atoms with E-state index in [9.17, 15) is 9.59 Å². The molecule has 0 bridgehead atoms. The van der Waals surface area contributed by atoms with Gasteiger partial charge in [-0.05, 0) is 36.6 Å². The number of nitrogens with one attached hydrogen (secondary N) is 1. The predicted molar refractivity (Wildman–Crippen MR) is 134 cm³/mol. The number of likely N-dealkylation sites (tertiary alicyclic amines) is 1. The predicted octanol–water partition coefficient (Wildman–Crippen LogP) is 4.81. The van der Waals surface area contributed by atoms with E-state index >= 15 is 0 Å². The molecule has 0 spiro atoms. The Morgan fingerprint density at radius 3 is 2.32 bits per heavy atom. The molecular weight excluding hydrogens is 424 g/mol. The van der Waals surface area contributed by atoms with Crippen molar-refractivity contribution in [3.05, 3.63) is 107 Å². The van der Waals surface area contributed by atoms with Gasteiger partial charge in [0.25, 0.3) is 5.91 Å². The number of aromatic amines is 1. The van der Waals surface area contributed by atoms with Gasteiger partial charge >= 0.3 is 5.69 Å². The third kappa shape index (κ3) is 3.52. The summed E-state index contributed by atoms with van der Waals surface area (Å²) in [4.78, 5) is 31.1. The number of fused-ring (bicyclic) bond motifs is 2. The quantitative estimate of drug-likeness (QED) is 0.427. The fraction of sp³-hybridized carbons (Fsp3) is 0.214. The summed E-state index contributed by atoms with van der Waals surface area (Å²) < 4.78 is 4.03. The molecule has 2 aromatic heterocycles. The second kappa shape index (κ2) is 8.37. The zero-order valence-electron chi connectivity index (χ0n) is 18.9. The highest BCUT2D eigenvalue weighted by Gasteiger charge is 2.28. The Morgan fingerprint density at radius 1 is 0.853 bits per heavy atom. The summed E-state index contributed by atoms with van der Waals surface area (Å²) in [6.07, 6.45) is 3.52. The number of hydrogen-bond acceptors (Lipinski definition) is 2. The van der Waals surface area contributed by atoms with Gasteiger partial charge < -0.3 is 14.5 Å². The maximum atomic E-state index is 13.6. The number of imidazole rings is 1. The number of aromatic nitrogens is 3. The summed E-state index contributed by atoms with van der Waals surface area (Å²) in [5.74, 6) is 0.0627. The zero-order chi connectivity index (χ0) is 23.1. The Balaban J connectivity index is 1.25. The largest absolute Gasteiger partial charge is 0.342 e. The third-order valence-electron chi connectivity index (χ3n) is 6.96. The molecule has 3 aromatic carbocycles. The number of carbonyl (C=O) groups is 1. The molecule has 3 heterocycles. The lowest BCUT2D eigenvalue weighted by Crippen LogP contribution is -2.40. The number of benzene rings is 3. The van der Waals surface area contributed by atoms with Gasteiger partial charge in [-0.15, -0.1) is 0 Å². The fourth-order valence-electron chi connectivity index (χ4n) is 5.26. The van der Waals surface area contributed by atoms with Crippen molar-refractivity contribution in [3.8, 4) is 0 Å². The molecule has 6 rings (SSSR count). The Kier molecular flexibility index (Phi) is 5.06. The first kappa shape index (κ1) is 20.5. The van der Waals surface area contributed by atoms with Crippen molar-refractivity contribution in [1.29, 1.82) is 0 Å². The smallest absolute Gasteiger partial charge is 0.326 e. The van der Waals surface area contributed by atoms with Gasteiger partial charge in [0.1, 0.15) is 0 Å². The number of amides is 1. The Labute approximate surface area is 197 Å². The van der Waals surface area contributed by atoms with Crippen molar-refractivity contribution in [3.63, 3.8) is 0 Å². The topological polar surface area (TPSA) is 63.0 Å². The van der Waals surface area contributed by atoms with Crippen molar-refractivity contribution >= 4 is 27.8 Å². The van der Waals surface area contributed by atoms with Gasteiger partial charge in [-0.1, -0.05) is 60.7 Å². The molecule has 1 aliphatic rings. The van der Waals surface area contributed by atoms with Crippen LogP contribution in [0.15, 0.2) is 89.9 Å². The van der Waals surface area contributed by atoms with Crippen LogP contribution in [0, 0.1) is 0 Å². The fourth-order valence-corrected chi connectivity index (χ4v) is 5.26. The normalized spacial score (nSPS) is 14.8. The maximum Gasteiger partial charge on any atom is 0.326 e. The van der Waals surface area contributed by atoms with Crippen LogP contribution in [0.3, 0.4) is 0 Å². The number of H-pyrrole nitrogens is 1. The Bertz CT molecular complexity index is 1540. The summed E-state index contributed by atoms with van der Waals surface area (Å²) in [7, 11) is 0. The molecule has 1 aliphatic heterocycles. The van der Waals surface area contributed by atoms with Crippen LogP contribution in [0.5, 0.6) is 0 Å². The highest BCUT2D eigenvalue weighted by molar-refractivity contribution is 6.07. The summed E-state index contributed by atoms with van der Waals surface area (Å²) in [5.41, 5.74) is 4.73. The van der Waals surface area contributed by atoms with Crippen LogP contribution < -0.4 is 5.69 Å². The number of rotatable bonds is 4. The molecule has 0 unspecified atom stereocenters. The summed E-state index contributed by atoms with van der Waals surface area (Å²) >= 11 is 0. The van der Waals surface area contributed by atoms with E-state index in [0.717, 1.165) is 46.9 Å². The van der Waals surface area contributed by atoms with Crippen molar-refractivity contribution in [2.24, 2.45) is 0 Å². The van der Waals surface area contributed by atoms with Gasteiger partial charge in [0.15, 0.2) is 0 Å². The van der Waals surface area contributed by atoms with Gasteiger partial charge in [-0.2, -0.15) is 0 Å². The molecule has 1 N–H and O–H groups in total. The molecular formula is C28H26N4O2. The number of hydrogen-bond donors (Lipinski definition) is 1. The molecule has 6 nitrogen and oxygen atoms in total. The van der Waals surface area contributed by atoms with E-state index in [1.54, 1.807) is 0 Å². The van der Waals surface area contributed by atoms with Gasteiger partial charge in [0, 0.05) is 42.8 Å². The van der Waals surface area contributed by atoms with E-state index in [1.165, 1.54) is 5.56 Å². The van der Waals surface area contributed by atoms with Crippen LogP contribution in [-0.2, 0) is 6.54 Å². The van der Waals surface area contributed by atoms with E-state index in [1.807, 2.05) is 76.3 Å². The molecule has 1 fully saturated rings. The second-order valence-electron chi connectivity index (χ2n) is 9.01. The van der Waals surface area contributed by atoms with Gasteiger partial charge in [0.2, 0.25) is 0 Å². The highest BCUT2D eigenvalue weighted by atomic mass is 16.2. The molecule has 0 saturated carbocycles. The SMILES string of the molecule is O=C(c1cn(Cc2ccccc2)c2ccccc12)N1CCC(n2c(=O)[nH]c3ccccc32)CC1. The molecule has 170 valence electrons. The van der Waals surface area contributed by atoms with Crippen LogP contribution in [0.2, 0.25) is 0 Å². The Morgan fingerprint density at radius 2 is 1.53 bits per heavy atom. The lowest BCUT2D eigenvalue weighted by atomic mass is 10.0. The maximum absolute atomic E-state index is 13.6. The number of carbonyl (C=O) groups excluding carboxylic acids is 1. The van der Waals surface area contributed by atoms with Gasteiger partial charge in [-0.25, -0.2) is 4.79 Å². The van der Waals surface area contributed by atoms with Gasteiger partial charge in [-0.3, -0.25) is 9.36 Å². The van der Waals surface area contributed by atoms with E-state index in [0.29, 0.717) is 13.1 Å². The van der Waals surface area contributed by atoms with Crippen molar-refractivity contribution in [2.45, 2.75) is 25.4 Å². The summed E-state index contributed by atoms with van der Waals surface area (Å²) in [5, 5.41) is 0.985. The van der Waals surface area contributed by atoms with Crippen molar-refractivity contribution < 1.29 is 4.79 Å². The average Bonchev–Trinajstić information content (AvgIpc) is 3.41. The average molecular weight is 451 g/mol. The molecule has 0 aliphatic carbocycles. The van der Waals surface area contributed by atoms with Crippen LogP contribution in [0.1, 0.15) is 34.8 Å². The van der Waals surface area contributed by atoms with Crippen LogP contribution in [-0.4, -0.2) is 38.0 Å². The standard InChI is InChI=1S/C28H26N4O2/c33-27(23-19-31(18-20-8-2-1-3-9-20)25-12-6-4-10-22(23)25)30-16-14-21(15-17-30)32-26-13-7-5-11-24(26)29-28(32)34/h1-13,19,21H,14-18H2,(H,29,34). The van der Waals surface area contributed by atoms with Gasteiger partial charge in [0.05, 0.1) is 16.6 Å². The second-order valence-corrected chi connectivity index (χ2v) is 9.01. The molecule has 34 heavy (non-hydrogen) atoms. The van der Waals surface area contributed by atoms with E-state index in [4.69, 9.17) is 0 Å². The van der Waals surface area contributed by atoms with Crippen LogP contribution >= 0.6 is 0 Å².